The van der Waals surface area contributed by atoms with E-state index in [1.165, 1.54) is 6.33 Å². The second kappa shape index (κ2) is 10.4. The van der Waals surface area contributed by atoms with Crippen LogP contribution in [-0.4, -0.2) is 58.5 Å². The Kier molecular flexibility index (Phi) is 7.63. The zero-order valence-corrected chi connectivity index (χ0v) is 19.5. The highest BCUT2D eigenvalue weighted by Crippen LogP contribution is 2.28. The van der Waals surface area contributed by atoms with E-state index >= 15 is 0 Å². The lowest BCUT2D eigenvalue weighted by molar-refractivity contribution is -0.134. The van der Waals surface area contributed by atoms with E-state index in [1.54, 1.807) is 38.8 Å². The van der Waals surface area contributed by atoms with E-state index in [1.807, 2.05) is 30.3 Å². The summed E-state index contributed by atoms with van der Waals surface area (Å²) in [5.41, 5.74) is 1.15. The SMILES string of the molecule is CNC(=O)c1cc(C2CCN(C(=O)C(NC(=O)OC(C)(C)C)c3ccccc3)CC2)ncn1. The molecule has 1 aliphatic heterocycles. The number of nitrogens with one attached hydrogen (secondary N) is 2. The van der Waals surface area contributed by atoms with Crippen molar-refractivity contribution in [2.75, 3.05) is 20.1 Å². The number of nitrogens with zero attached hydrogens (tertiary/aromatic N) is 3. The van der Waals surface area contributed by atoms with Crippen LogP contribution in [0, 0.1) is 0 Å². The summed E-state index contributed by atoms with van der Waals surface area (Å²) < 4.78 is 5.37. The molecule has 0 saturated carbocycles. The van der Waals surface area contributed by atoms with Gasteiger partial charge in [-0.25, -0.2) is 14.8 Å². The first kappa shape index (κ1) is 24.2. The number of carbonyl (C=O) groups is 3. The van der Waals surface area contributed by atoms with Gasteiger partial charge in [-0.1, -0.05) is 30.3 Å². The molecular weight excluding hydrogens is 422 g/mol. The van der Waals surface area contributed by atoms with Crippen molar-refractivity contribution in [3.63, 3.8) is 0 Å². The van der Waals surface area contributed by atoms with Crippen LogP contribution in [-0.2, 0) is 9.53 Å². The van der Waals surface area contributed by atoms with Crippen molar-refractivity contribution in [1.82, 2.24) is 25.5 Å². The molecule has 1 aliphatic rings. The van der Waals surface area contributed by atoms with Crippen LogP contribution < -0.4 is 10.6 Å². The summed E-state index contributed by atoms with van der Waals surface area (Å²) >= 11 is 0. The average molecular weight is 454 g/mol. The molecule has 0 radical (unpaired) electrons. The summed E-state index contributed by atoms with van der Waals surface area (Å²) in [7, 11) is 1.56. The summed E-state index contributed by atoms with van der Waals surface area (Å²) in [5.74, 6) is -0.320. The van der Waals surface area contributed by atoms with Crippen LogP contribution in [0.5, 0.6) is 0 Å². The average Bonchev–Trinajstić information content (AvgIpc) is 2.81. The topological polar surface area (TPSA) is 114 Å². The van der Waals surface area contributed by atoms with Crippen LogP contribution >= 0.6 is 0 Å². The molecule has 3 amide bonds. The molecule has 1 aromatic heterocycles. The van der Waals surface area contributed by atoms with Gasteiger partial charge in [0.25, 0.3) is 5.91 Å². The van der Waals surface area contributed by atoms with Gasteiger partial charge < -0.3 is 20.3 Å². The molecule has 1 atom stereocenters. The van der Waals surface area contributed by atoms with Crippen molar-refractivity contribution in [2.45, 2.75) is 51.2 Å². The van der Waals surface area contributed by atoms with E-state index in [9.17, 15) is 14.4 Å². The van der Waals surface area contributed by atoms with E-state index in [0.29, 0.717) is 37.2 Å². The van der Waals surface area contributed by atoms with Crippen LogP contribution in [0.4, 0.5) is 4.79 Å². The highest BCUT2D eigenvalue weighted by molar-refractivity contribution is 5.92. The van der Waals surface area contributed by atoms with Crippen LogP contribution in [0.15, 0.2) is 42.7 Å². The lowest BCUT2D eigenvalue weighted by atomic mass is 9.92. The van der Waals surface area contributed by atoms with Gasteiger partial charge in [0.15, 0.2) is 0 Å². The molecule has 33 heavy (non-hydrogen) atoms. The fourth-order valence-electron chi connectivity index (χ4n) is 3.78. The Morgan fingerprint density at radius 3 is 2.36 bits per heavy atom. The highest BCUT2D eigenvalue weighted by Gasteiger charge is 2.32. The maximum atomic E-state index is 13.4. The van der Waals surface area contributed by atoms with Gasteiger partial charge >= 0.3 is 6.09 Å². The standard InChI is InChI=1S/C24H31N5O4/c1-24(2,3)33-23(32)28-20(17-8-6-5-7-9-17)22(31)29-12-10-16(11-13-29)18-14-19(21(30)25-4)27-15-26-18/h5-9,14-16,20H,10-13H2,1-4H3,(H,25,30)(H,28,32). The number of rotatable bonds is 5. The largest absolute Gasteiger partial charge is 0.444 e. The Balaban J connectivity index is 1.70. The third-order valence-corrected chi connectivity index (χ3v) is 5.41. The van der Waals surface area contributed by atoms with E-state index in [2.05, 4.69) is 20.6 Å². The minimum Gasteiger partial charge on any atom is -0.444 e. The molecule has 9 nitrogen and oxygen atoms in total. The molecule has 9 heteroatoms. The second-order valence-corrected chi connectivity index (χ2v) is 9.00. The van der Waals surface area contributed by atoms with Crippen LogP contribution in [0.25, 0.3) is 0 Å². The molecule has 1 aromatic carbocycles. The van der Waals surface area contributed by atoms with Crippen LogP contribution in [0.1, 0.15) is 67.3 Å². The lowest BCUT2D eigenvalue weighted by Gasteiger charge is -2.34. The number of alkyl carbamates (subject to hydrolysis) is 1. The minimum atomic E-state index is -0.837. The number of hydrogen-bond donors (Lipinski definition) is 2. The number of aromatic nitrogens is 2. The summed E-state index contributed by atoms with van der Waals surface area (Å²) in [6, 6.07) is 10.0. The molecule has 0 aliphatic carbocycles. The molecule has 176 valence electrons. The third kappa shape index (κ3) is 6.50. The van der Waals surface area contributed by atoms with Gasteiger partial charge in [0, 0.05) is 31.7 Å². The molecule has 2 aromatic rings. The molecule has 2 N–H and O–H groups in total. The normalized spacial score (nSPS) is 15.5. The zero-order valence-electron chi connectivity index (χ0n) is 19.5. The molecule has 1 fully saturated rings. The summed E-state index contributed by atoms with van der Waals surface area (Å²) in [5, 5.41) is 5.30. The fraction of sp³-hybridized carbons (Fsp3) is 0.458. The monoisotopic (exact) mass is 453 g/mol. The van der Waals surface area contributed by atoms with Gasteiger partial charge in [0.2, 0.25) is 5.91 Å². The predicted molar refractivity (Wildman–Crippen MR) is 123 cm³/mol. The molecule has 2 heterocycles. The third-order valence-electron chi connectivity index (χ3n) is 5.41. The molecule has 1 unspecified atom stereocenters. The Hall–Kier alpha value is -3.49. The van der Waals surface area contributed by atoms with Gasteiger partial charge in [-0.2, -0.15) is 0 Å². The van der Waals surface area contributed by atoms with Gasteiger partial charge in [0.1, 0.15) is 23.7 Å². The number of carbonyl (C=O) groups excluding carboxylic acids is 3. The van der Waals surface area contributed by atoms with Gasteiger partial charge in [0.05, 0.1) is 0 Å². The number of piperidine rings is 1. The van der Waals surface area contributed by atoms with E-state index in [4.69, 9.17) is 4.74 Å². The number of benzene rings is 1. The summed E-state index contributed by atoms with van der Waals surface area (Å²) in [6.07, 6.45) is 2.16. The highest BCUT2D eigenvalue weighted by atomic mass is 16.6. The van der Waals surface area contributed by atoms with Crippen molar-refractivity contribution in [1.29, 1.82) is 0 Å². The van der Waals surface area contributed by atoms with Crippen molar-refractivity contribution >= 4 is 17.9 Å². The number of likely N-dealkylation sites (tertiary alicyclic amines) is 1. The Morgan fingerprint density at radius 1 is 1.09 bits per heavy atom. The second-order valence-electron chi connectivity index (χ2n) is 9.00. The molecule has 0 bridgehead atoms. The Labute approximate surface area is 193 Å². The van der Waals surface area contributed by atoms with Gasteiger partial charge in [-0.05, 0) is 45.2 Å². The van der Waals surface area contributed by atoms with E-state index in [-0.39, 0.29) is 17.7 Å². The molecule has 3 rings (SSSR count). The van der Waals surface area contributed by atoms with Crippen LogP contribution in [0.3, 0.4) is 0 Å². The Morgan fingerprint density at radius 2 is 1.76 bits per heavy atom. The first-order valence-electron chi connectivity index (χ1n) is 11.0. The van der Waals surface area contributed by atoms with Crippen molar-refractivity contribution in [2.24, 2.45) is 0 Å². The quantitative estimate of drug-likeness (QED) is 0.720. The maximum Gasteiger partial charge on any atom is 0.408 e. The fourth-order valence-corrected chi connectivity index (χ4v) is 3.78. The number of amides is 3. The van der Waals surface area contributed by atoms with Gasteiger partial charge in [-0.3, -0.25) is 9.59 Å². The summed E-state index contributed by atoms with van der Waals surface area (Å²) in [6.45, 7) is 6.36. The maximum absolute atomic E-state index is 13.4. The first-order chi connectivity index (χ1) is 15.7. The van der Waals surface area contributed by atoms with Crippen molar-refractivity contribution in [3.05, 3.63) is 59.7 Å². The lowest BCUT2D eigenvalue weighted by Crippen LogP contribution is -2.46. The summed E-state index contributed by atoms with van der Waals surface area (Å²) in [4.78, 5) is 47.8. The van der Waals surface area contributed by atoms with Crippen molar-refractivity contribution in [3.8, 4) is 0 Å². The predicted octanol–water partition coefficient (Wildman–Crippen LogP) is 2.81. The van der Waals surface area contributed by atoms with E-state index < -0.39 is 17.7 Å². The zero-order chi connectivity index (χ0) is 24.0. The minimum absolute atomic E-state index is 0.120. The molecular formula is C24H31N5O4. The van der Waals surface area contributed by atoms with E-state index in [0.717, 1.165) is 5.69 Å². The molecule has 1 saturated heterocycles. The Bertz CT molecular complexity index is 982. The molecule has 0 spiro atoms. The van der Waals surface area contributed by atoms with Crippen molar-refractivity contribution < 1.29 is 19.1 Å². The number of hydrogen-bond acceptors (Lipinski definition) is 6. The smallest absolute Gasteiger partial charge is 0.408 e. The van der Waals surface area contributed by atoms with Gasteiger partial charge in [-0.15, -0.1) is 0 Å². The number of ether oxygens (including phenoxy) is 1. The first-order valence-corrected chi connectivity index (χ1v) is 11.0. The van der Waals surface area contributed by atoms with Crippen LogP contribution in [0.2, 0.25) is 0 Å².